The molecule has 0 spiro atoms. The van der Waals surface area contributed by atoms with Gasteiger partial charge in [0.25, 0.3) is 0 Å². The summed E-state index contributed by atoms with van der Waals surface area (Å²) in [6.07, 6.45) is 0.352. The van der Waals surface area contributed by atoms with Crippen molar-refractivity contribution in [1.29, 1.82) is 0 Å². The average molecular weight is 268 g/mol. The minimum Gasteiger partial charge on any atom is -0.493 e. The van der Waals surface area contributed by atoms with Crippen LogP contribution in [0.3, 0.4) is 0 Å². The summed E-state index contributed by atoms with van der Waals surface area (Å²) < 4.78 is 15.8. The molecule has 1 aromatic carbocycles. The maximum absolute atomic E-state index is 10.0. The van der Waals surface area contributed by atoms with Crippen LogP contribution < -0.4 is 9.47 Å². The van der Waals surface area contributed by atoms with E-state index in [2.05, 4.69) is 13.8 Å². The van der Waals surface area contributed by atoms with E-state index >= 15 is 0 Å². The molecule has 0 bridgehead atoms. The molecule has 0 fully saturated rings. The Balaban J connectivity index is 2.54. The summed E-state index contributed by atoms with van der Waals surface area (Å²) >= 11 is 0. The second kappa shape index (κ2) is 8.02. The Kier molecular flexibility index (Phi) is 6.67. The SMILES string of the molecule is COc1ccc(C(O)COCCC(C)C)cc1OC. The number of aliphatic hydroxyl groups is 1. The van der Waals surface area contributed by atoms with Gasteiger partial charge >= 0.3 is 0 Å². The molecule has 108 valence electrons. The standard InChI is InChI=1S/C15H24O4/c1-11(2)7-8-19-10-13(16)12-5-6-14(17-3)15(9-12)18-4/h5-6,9,11,13,16H,7-8,10H2,1-4H3. The number of ether oxygens (including phenoxy) is 3. The van der Waals surface area contributed by atoms with E-state index in [0.717, 1.165) is 12.0 Å². The third-order valence-electron chi connectivity index (χ3n) is 2.91. The number of aliphatic hydroxyl groups excluding tert-OH is 1. The fraction of sp³-hybridized carbons (Fsp3) is 0.600. The van der Waals surface area contributed by atoms with Gasteiger partial charge < -0.3 is 19.3 Å². The van der Waals surface area contributed by atoms with Crippen LogP contribution in [-0.2, 0) is 4.74 Å². The highest BCUT2D eigenvalue weighted by atomic mass is 16.5. The third-order valence-corrected chi connectivity index (χ3v) is 2.91. The van der Waals surface area contributed by atoms with Crippen molar-refractivity contribution in [3.05, 3.63) is 23.8 Å². The van der Waals surface area contributed by atoms with Crippen LogP contribution >= 0.6 is 0 Å². The zero-order chi connectivity index (χ0) is 14.3. The maximum Gasteiger partial charge on any atom is 0.161 e. The van der Waals surface area contributed by atoms with E-state index in [1.165, 1.54) is 0 Å². The number of benzene rings is 1. The van der Waals surface area contributed by atoms with Crippen molar-refractivity contribution in [1.82, 2.24) is 0 Å². The van der Waals surface area contributed by atoms with Crippen LogP contribution in [0.5, 0.6) is 11.5 Å². The van der Waals surface area contributed by atoms with Crippen molar-refractivity contribution in [2.24, 2.45) is 5.92 Å². The van der Waals surface area contributed by atoms with E-state index in [0.29, 0.717) is 30.6 Å². The molecule has 4 heteroatoms. The van der Waals surface area contributed by atoms with E-state index in [-0.39, 0.29) is 0 Å². The van der Waals surface area contributed by atoms with Crippen molar-refractivity contribution in [3.8, 4) is 11.5 Å². The smallest absolute Gasteiger partial charge is 0.161 e. The molecule has 0 aromatic heterocycles. The molecule has 0 saturated carbocycles. The number of rotatable bonds is 8. The zero-order valence-electron chi connectivity index (χ0n) is 12.2. The molecule has 0 radical (unpaired) electrons. The summed E-state index contributed by atoms with van der Waals surface area (Å²) in [5.74, 6) is 1.87. The van der Waals surface area contributed by atoms with E-state index in [1.807, 2.05) is 6.07 Å². The first-order valence-corrected chi connectivity index (χ1v) is 6.56. The molecule has 1 aromatic rings. The largest absolute Gasteiger partial charge is 0.493 e. The molecular formula is C15H24O4. The molecule has 1 rings (SSSR count). The van der Waals surface area contributed by atoms with Crippen molar-refractivity contribution < 1.29 is 19.3 Å². The zero-order valence-corrected chi connectivity index (χ0v) is 12.2. The third kappa shape index (κ3) is 5.09. The molecule has 19 heavy (non-hydrogen) atoms. The lowest BCUT2D eigenvalue weighted by molar-refractivity contribution is 0.0318. The highest BCUT2D eigenvalue weighted by Gasteiger charge is 2.11. The van der Waals surface area contributed by atoms with Crippen LogP contribution in [0, 0.1) is 5.92 Å². The van der Waals surface area contributed by atoms with Crippen molar-refractivity contribution in [2.75, 3.05) is 27.4 Å². The van der Waals surface area contributed by atoms with Crippen LogP contribution in [-0.4, -0.2) is 32.5 Å². The first-order valence-electron chi connectivity index (χ1n) is 6.56. The van der Waals surface area contributed by atoms with Crippen LogP contribution in [0.15, 0.2) is 18.2 Å². The summed E-state index contributed by atoms with van der Waals surface area (Å²) in [6, 6.07) is 5.37. The minimum absolute atomic E-state index is 0.294. The van der Waals surface area contributed by atoms with Crippen molar-refractivity contribution in [2.45, 2.75) is 26.4 Å². The van der Waals surface area contributed by atoms with Gasteiger partial charge in [-0.15, -0.1) is 0 Å². The second-order valence-corrected chi connectivity index (χ2v) is 4.89. The molecule has 4 nitrogen and oxygen atoms in total. The van der Waals surface area contributed by atoms with E-state index in [1.54, 1.807) is 26.4 Å². The van der Waals surface area contributed by atoms with Gasteiger partial charge in [0, 0.05) is 6.61 Å². The molecule has 0 saturated heterocycles. The van der Waals surface area contributed by atoms with Crippen molar-refractivity contribution in [3.63, 3.8) is 0 Å². The van der Waals surface area contributed by atoms with Gasteiger partial charge in [-0.1, -0.05) is 19.9 Å². The lowest BCUT2D eigenvalue weighted by atomic mass is 10.1. The van der Waals surface area contributed by atoms with Gasteiger partial charge in [-0.05, 0) is 30.0 Å². The van der Waals surface area contributed by atoms with Crippen LogP contribution in [0.1, 0.15) is 31.9 Å². The molecule has 0 amide bonds. The van der Waals surface area contributed by atoms with Gasteiger partial charge in [-0.3, -0.25) is 0 Å². The van der Waals surface area contributed by atoms with Gasteiger partial charge in [-0.2, -0.15) is 0 Å². The Morgan fingerprint density at radius 3 is 2.37 bits per heavy atom. The monoisotopic (exact) mass is 268 g/mol. The Labute approximate surface area is 115 Å². The highest BCUT2D eigenvalue weighted by Crippen LogP contribution is 2.30. The van der Waals surface area contributed by atoms with E-state index in [4.69, 9.17) is 14.2 Å². The normalized spacial score (nSPS) is 12.5. The molecule has 1 unspecified atom stereocenters. The summed E-state index contributed by atoms with van der Waals surface area (Å²) in [6.45, 7) is 5.26. The second-order valence-electron chi connectivity index (χ2n) is 4.89. The summed E-state index contributed by atoms with van der Waals surface area (Å²) in [4.78, 5) is 0. The Hall–Kier alpha value is -1.26. The van der Waals surface area contributed by atoms with Gasteiger partial charge in [0.1, 0.15) is 6.10 Å². The molecule has 1 atom stereocenters. The first-order chi connectivity index (χ1) is 9.08. The van der Waals surface area contributed by atoms with Crippen LogP contribution in [0.2, 0.25) is 0 Å². The van der Waals surface area contributed by atoms with Crippen LogP contribution in [0.4, 0.5) is 0 Å². The van der Waals surface area contributed by atoms with Crippen LogP contribution in [0.25, 0.3) is 0 Å². The number of methoxy groups -OCH3 is 2. The summed E-state index contributed by atoms with van der Waals surface area (Å²) in [5.41, 5.74) is 0.766. The Morgan fingerprint density at radius 2 is 1.79 bits per heavy atom. The summed E-state index contributed by atoms with van der Waals surface area (Å²) in [7, 11) is 3.16. The lowest BCUT2D eigenvalue weighted by Crippen LogP contribution is -2.09. The Bertz CT molecular complexity index is 376. The topological polar surface area (TPSA) is 47.9 Å². The van der Waals surface area contributed by atoms with E-state index < -0.39 is 6.10 Å². The van der Waals surface area contributed by atoms with Crippen molar-refractivity contribution >= 4 is 0 Å². The number of hydrogen-bond donors (Lipinski definition) is 1. The first kappa shape index (κ1) is 15.8. The van der Waals surface area contributed by atoms with Gasteiger partial charge in [-0.25, -0.2) is 0 Å². The van der Waals surface area contributed by atoms with E-state index in [9.17, 15) is 5.11 Å². The predicted octanol–water partition coefficient (Wildman–Crippen LogP) is 2.80. The molecule has 0 aliphatic carbocycles. The van der Waals surface area contributed by atoms with Gasteiger partial charge in [0.2, 0.25) is 0 Å². The predicted molar refractivity (Wildman–Crippen MR) is 74.8 cm³/mol. The fourth-order valence-electron chi connectivity index (χ4n) is 1.67. The fourth-order valence-corrected chi connectivity index (χ4v) is 1.67. The molecule has 0 aliphatic heterocycles. The van der Waals surface area contributed by atoms with Gasteiger partial charge in [0.05, 0.1) is 20.8 Å². The Morgan fingerprint density at radius 1 is 1.11 bits per heavy atom. The minimum atomic E-state index is -0.646. The number of hydrogen-bond acceptors (Lipinski definition) is 4. The molecule has 0 aliphatic rings. The highest BCUT2D eigenvalue weighted by molar-refractivity contribution is 5.43. The summed E-state index contributed by atoms with van der Waals surface area (Å²) in [5, 5.41) is 10.0. The molecule has 0 heterocycles. The average Bonchev–Trinajstić information content (AvgIpc) is 2.42. The molecular weight excluding hydrogens is 244 g/mol. The van der Waals surface area contributed by atoms with Gasteiger partial charge in [0.15, 0.2) is 11.5 Å². The maximum atomic E-state index is 10.0. The molecule has 1 N–H and O–H groups in total. The quantitative estimate of drug-likeness (QED) is 0.736. The lowest BCUT2D eigenvalue weighted by Gasteiger charge is -2.15.